The zero-order chi connectivity index (χ0) is 19.5. The molecule has 1 aromatic heterocycles. The number of hydrogen-bond donors (Lipinski definition) is 1. The number of benzene rings is 2. The Labute approximate surface area is 164 Å². The first kappa shape index (κ1) is 18.5. The Morgan fingerprint density at radius 2 is 2.11 bits per heavy atom. The van der Waals surface area contributed by atoms with Gasteiger partial charge < -0.3 is 19.3 Å². The molecule has 6 nitrogen and oxygen atoms in total. The van der Waals surface area contributed by atoms with E-state index in [0.717, 1.165) is 40.2 Å². The number of carbonyl (C=O) groups is 1. The number of imidazole rings is 1. The topological polar surface area (TPSA) is 67.6 Å². The molecule has 146 valence electrons. The van der Waals surface area contributed by atoms with Gasteiger partial charge >= 0.3 is 0 Å². The van der Waals surface area contributed by atoms with E-state index in [1.807, 2.05) is 41.3 Å². The highest BCUT2D eigenvalue weighted by Crippen LogP contribution is 2.25. The molecule has 0 fully saturated rings. The molecule has 0 radical (unpaired) electrons. The van der Waals surface area contributed by atoms with Crippen molar-refractivity contribution in [2.45, 2.75) is 39.5 Å². The number of aliphatic hydroxyl groups excluding tert-OH is 1. The highest BCUT2D eigenvalue weighted by Gasteiger charge is 2.20. The smallest absolute Gasteiger partial charge is 0.224 e. The second-order valence-corrected chi connectivity index (χ2v) is 7.04. The highest BCUT2D eigenvalue weighted by atomic mass is 16.5. The average Bonchev–Trinajstić information content (AvgIpc) is 2.95. The first-order valence-electron chi connectivity index (χ1n) is 9.77. The summed E-state index contributed by atoms with van der Waals surface area (Å²) in [6, 6.07) is 13.7. The van der Waals surface area contributed by atoms with Crippen molar-refractivity contribution in [2.24, 2.45) is 0 Å². The standard InChI is InChI=1S/C22H25N3O3/c1-2-21-23-18-5-3-4-6-19(18)25(21)10-9-22(27)24-11-12-28-20-8-7-16(15-26)13-17(20)14-24/h3-8,13,26H,2,9-12,14-15H2,1H3. The SMILES string of the molecule is CCc1nc2ccccc2n1CCC(=O)N1CCOc2ccc(CO)cc2C1. The summed E-state index contributed by atoms with van der Waals surface area (Å²) in [6.07, 6.45) is 1.25. The number of fused-ring (bicyclic) bond motifs is 2. The van der Waals surface area contributed by atoms with Gasteiger partial charge in [0.1, 0.15) is 18.2 Å². The van der Waals surface area contributed by atoms with E-state index in [-0.39, 0.29) is 12.5 Å². The Balaban J connectivity index is 1.49. The minimum absolute atomic E-state index is 0.0191. The summed E-state index contributed by atoms with van der Waals surface area (Å²) in [5.74, 6) is 1.90. The Morgan fingerprint density at radius 1 is 1.25 bits per heavy atom. The summed E-state index contributed by atoms with van der Waals surface area (Å²) >= 11 is 0. The lowest BCUT2D eigenvalue weighted by molar-refractivity contribution is -0.132. The number of aliphatic hydroxyl groups is 1. The van der Waals surface area contributed by atoms with Gasteiger partial charge in [-0.15, -0.1) is 0 Å². The van der Waals surface area contributed by atoms with Gasteiger partial charge in [-0.3, -0.25) is 4.79 Å². The summed E-state index contributed by atoms with van der Waals surface area (Å²) in [6.45, 7) is 4.23. The maximum atomic E-state index is 12.9. The number of ether oxygens (including phenoxy) is 1. The van der Waals surface area contributed by atoms with Crippen LogP contribution in [0.5, 0.6) is 5.75 Å². The molecule has 0 aliphatic carbocycles. The molecule has 0 unspecified atom stereocenters. The van der Waals surface area contributed by atoms with Crippen LogP contribution >= 0.6 is 0 Å². The Hall–Kier alpha value is -2.86. The van der Waals surface area contributed by atoms with E-state index in [4.69, 9.17) is 4.74 Å². The molecule has 0 spiro atoms. The first-order valence-corrected chi connectivity index (χ1v) is 9.77. The van der Waals surface area contributed by atoms with Crippen LogP contribution in [0.4, 0.5) is 0 Å². The van der Waals surface area contributed by atoms with Gasteiger partial charge in [0.2, 0.25) is 5.91 Å². The van der Waals surface area contributed by atoms with E-state index in [1.165, 1.54) is 0 Å². The van der Waals surface area contributed by atoms with E-state index in [0.29, 0.717) is 32.7 Å². The zero-order valence-electron chi connectivity index (χ0n) is 16.1. The third-order valence-electron chi connectivity index (χ3n) is 5.24. The van der Waals surface area contributed by atoms with Gasteiger partial charge in [-0.2, -0.15) is 0 Å². The van der Waals surface area contributed by atoms with E-state index >= 15 is 0 Å². The molecule has 1 N–H and O–H groups in total. The number of para-hydroxylation sites is 2. The summed E-state index contributed by atoms with van der Waals surface area (Å²) in [5.41, 5.74) is 3.82. The number of nitrogens with zero attached hydrogens (tertiary/aromatic N) is 3. The molecule has 2 aromatic carbocycles. The molecule has 0 saturated carbocycles. The van der Waals surface area contributed by atoms with E-state index in [9.17, 15) is 9.90 Å². The van der Waals surface area contributed by atoms with Gasteiger partial charge in [0.25, 0.3) is 0 Å². The number of aromatic nitrogens is 2. The molecule has 4 rings (SSSR count). The number of aryl methyl sites for hydroxylation is 2. The predicted octanol–water partition coefficient (Wildman–Crippen LogP) is 2.90. The first-order chi connectivity index (χ1) is 13.7. The second kappa shape index (κ2) is 8.02. The predicted molar refractivity (Wildman–Crippen MR) is 107 cm³/mol. The van der Waals surface area contributed by atoms with Crippen LogP contribution in [0.3, 0.4) is 0 Å². The number of hydrogen-bond acceptors (Lipinski definition) is 4. The Kier molecular flexibility index (Phi) is 5.30. The van der Waals surface area contributed by atoms with Crippen LogP contribution in [0.15, 0.2) is 42.5 Å². The Morgan fingerprint density at radius 3 is 2.93 bits per heavy atom. The molecule has 6 heteroatoms. The van der Waals surface area contributed by atoms with Crippen molar-refractivity contribution >= 4 is 16.9 Å². The molecule has 2 heterocycles. The zero-order valence-corrected chi connectivity index (χ0v) is 16.1. The second-order valence-electron chi connectivity index (χ2n) is 7.04. The van der Waals surface area contributed by atoms with Crippen molar-refractivity contribution in [2.75, 3.05) is 13.2 Å². The molecule has 0 saturated heterocycles. The molecule has 1 aliphatic rings. The van der Waals surface area contributed by atoms with Crippen LogP contribution in [0, 0.1) is 0 Å². The monoisotopic (exact) mass is 379 g/mol. The fraction of sp³-hybridized carbons (Fsp3) is 0.364. The third kappa shape index (κ3) is 3.60. The quantitative estimate of drug-likeness (QED) is 0.740. The summed E-state index contributed by atoms with van der Waals surface area (Å²) < 4.78 is 7.93. The van der Waals surface area contributed by atoms with Crippen LogP contribution in [-0.2, 0) is 30.9 Å². The molecule has 28 heavy (non-hydrogen) atoms. The Bertz CT molecular complexity index is 996. The molecule has 1 amide bonds. The van der Waals surface area contributed by atoms with E-state index in [2.05, 4.69) is 22.5 Å². The van der Waals surface area contributed by atoms with Crippen molar-refractivity contribution in [1.29, 1.82) is 0 Å². The molecule has 0 bridgehead atoms. The lowest BCUT2D eigenvalue weighted by Crippen LogP contribution is -2.33. The summed E-state index contributed by atoms with van der Waals surface area (Å²) in [5, 5.41) is 9.38. The fourth-order valence-electron chi connectivity index (χ4n) is 3.77. The maximum Gasteiger partial charge on any atom is 0.224 e. The van der Waals surface area contributed by atoms with Crippen LogP contribution in [0.2, 0.25) is 0 Å². The summed E-state index contributed by atoms with van der Waals surface area (Å²) in [4.78, 5) is 19.5. The summed E-state index contributed by atoms with van der Waals surface area (Å²) in [7, 11) is 0. The maximum absolute atomic E-state index is 12.9. The average molecular weight is 379 g/mol. The van der Waals surface area contributed by atoms with Crippen LogP contribution in [-0.4, -0.2) is 38.6 Å². The van der Waals surface area contributed by atoms with Crippen molar-refractivity contribution < 1.29 is 14.6 Å². The van der Waals surface area contributed by atoms with Crippen molar-refractivity contribution in [3.8, 4) is 5.75 Å². The van der Waals surface area contributed by atoms with Crippen molar-refractivity contribution in [3.63, 3.8) is 0 Å². The largest absolute Gasteiger partial charge is 0.491 e. The lowest BCUT2D eigenvalue weighted by atomic mass is 10.1. The number of rotatable bonds is 5. The minimum atomic E-state index is -0.0191. The van der Waals surface area contributed by atoms with Gasteiger partial charge in [-0.05, 0) is 29.8 Å². The van der Waals surface area contributed by atoms with E-state index in [1.54, 1.807) is 0 Å². The van der Waals surface area contributed by atoms with Crippen LogP contribution in [0.25, 0.3) is 11.0 Å². The van der Waals surface area contributed by atoms with Gasteiger partial charge in [0.15, 0.2) is 0 Å². The van der Waals surface area contributed by atoms with Gasteiger partial charge in [0, 0.05) is 31.5 Å². The van der Waals surface area contributed by atoms with Gasteiger partial charge in [0.05, 0.1) is 24.2 Å². The molecule has 3 aromatic rings. The molecule has 0 atom stereocenters. The normalized spacial score (nSPS) is 13.9. The molecule has 1 aliphatic heterocycles. The van der Waals surface area contributed by atoms with E-state index < -0.39 is 0 Å². The van der Waals surface area contributed by atoms with Gasteiger partial charge in [-0.25, -0.2) is 4.98 Å². The van der Waals surface area contributed by atoms with Crippen molar-refractivity contribution in [3.05, 3.63) is 59.4 Å². The molecular formula is C22H25N3O3. The van der Waals surface area contributed by atoms with Crippen LogP contribution in [0.1, 0.15) is 30.3 Å². The highest BCUT2D eigenvalue weighted by molar-refractivity contribution is 5.78. The van der Waals surface area contributed by atoms with Crippen LogP contribution < -0.4 is 4.74 Å². The number of amides is 1. The van der Waals surface area contributed by atoms with Gasteiger partial charge in [-0.1, -0.05) is 25.1 Å². The third-order valence-corrected chi connectivity index (χ3v) is 5.24. The van der Waals surface area contributed by atoms with Crippen molar-refractivity contribution in [1.82, 2.24) is 14.5 Å². The lowest BCUT2D eigenvalue weighted by Gasteiger charge is -2.20. The molecular weight excluding hydrogens is 354 g/mol. The fourth-order valence-corrected chi connectivity index (χ4v) is 3.77. The minimum Gasteiger partial charge on any atom is -0.491 e. The number of carbonyl (C=O) groups excluding carboxylic acids is 1.